The Hall–Kier alpha value is -3.60. The van der Waals surface area contributed by atoms with Crippen molar-refractivity contribution >= 4 is 44.7 Å². The Morgan fingerprint density at radius 2 is 1.76 bits per heavy atom. The van der Waals surface area contributed by atoms with Crippen molar-refractivity contribution in [3.05, 3.63) is 34.4 Å². The molecule has 0 radical (unpaired) electrons. The topological polar surface area (TPSA) is 177 Å². The summed E-state index contributed by atoms with van der Waals surface area (Å²) in [6.45, 7) is 1.98. The maximum atomic E-state index is 13.3. The summed E-state index contributed by atoms with van der Waals surface area (Å²) >= 11 is 0. The molecule has 1 saturated carbocycles. The molecule has 14 heteroatoms. The summed E-state index contributed by atoms with van der Waals surface area (Å²) in [5.41, 5.74) is -0.163. The molecular formula is C24H32N5O8P. The number of hydrogen-bond acceptors (Lipinski definition) is 8. The Kier molecular flexibility index (Phi) is 10.1. The molecule has 1 saturated heterocycles. The highest BCUT2D eigenvalue weighted by Crippen LogP contribution is 2.31. The zero-order valence-electron chi connectivity index (χ0n) is 21.0. The second kappa shape index (κ2) is 13.3. The van der Waals surface area contributed by atoms with E-state index in [1.807, 2.05) is 9.39 Å². The van der Waals surface area contributed by atoms with Crippen LogP contribution in [0, 0.1) is 16.0 Å². The van der Waals surface area contributed by atoms with Gasteiger partial charge in [-0.25, -0.2) is 4.79 Å². The smallest absolute Gasteiger partial charge is 0.410 e. The average Bonchev–Trinajstić information content (AvgIpc) is 3.37. The van der Waals surface area contributed by atoms with Crippen LogP contribution in [0.1, 0.15) is 51.9 Å². The van der Waals surface area contributed by atoms with Gasteiger partial charge in [0, 0.05) is 18.7 Å². The Morgan fingerprint density at radius 1 is 1.08 bits per heavy atom. The van der Waals surface area contributed by atoms with Crippen LogP contribution >= 0.6 is 9.39 Å². The van der Waals surface area contributed by atoms with E-state index >= 15 is 0 Å². The number of ether oxygens (including phenoxy) is 1. The van der Waals surface area contributed by atoms with Crippen LogP contribution in [0.25, 0.3) is 0 Å². The minimum absolute atomic E-state index is 0.0607. The van der Waals surface area contributed by atoms with Gasteiger partial charge in [-0.2, -0.15) is 0 Å². The van der Waals surface area contributed by atoms with E-state index in [2.05, 4.69) is 15.7 Å². The minimum atomic E-state index is -0.984. The van der Waals surface area contributed by atoms with Crippen molar-refractivity contribution in [2.24, 2.45) is 5.92 Å². The fourth-order valence-electron chi connectivity index (χ4n) is 4.55. The van der Waals surface area contributed by atoms with Crippen LogP contribution in [0.4, 0.5) is 10.5 Å². The quantitative estimate of drug-likeness (QED) is 0.161. The number of hydrogen-bond donors (Lipinski definition) is 3. The van der Waals surface area contributed by atoms with Crippen LogP contribution < -0.4 is 20.5 Å². The molecule has 1 aliphatic heterocycles. The van der Waals surface area contributed by atoms with Crippen LogP contribution in [-0.2, 0) is 19.2 Å². The summed E-state index contributed by atoms with van der Waals surface area (Å²) < 4.78 is 5.13. The first kappa shape index (κ1) is 29.0. The molecule has 1 aromatic rings. The molecular weight excluding hydrogens is 517 g/mol. The number of non-ortho nitro benzene ring substituents is 1. The molecule has 206 valence electrons. The van der Waals surface area contributed by atoms with E-state index in [1.165, 1.54) is 29.2 Å². The molecule has 1 aromatic carbocycles. The Balaban J connectivity index is 1.62. The first-order valence-electron chi connectivity index (χ1n) is 12.5. The van der Waals surface area contributed by atoms with Gasteiger partial charge in [-0.15, -0.1) is 0 Å². The lowest BCUT2D eigenvalue weighted by Crippen LogP contribution is -2.56. The van der Waals surface area contributed by atoms with Gasteiger partial charge in [0.2, 0.25) is 17.6 Å². The number of carbonyl (C=O) groups is 5. The number of nitro groups is 1. The highest BCUT2D eigenvalue weighted by atomic mass is 31.0. The van der Waals surface area contributed by atoms with E-state index < -0.39 is 52.6 Å². The van der Waals surface area contributed by atoms with Crippen LogP contribution in [0.15, 0.2) is 24.3 Å². The van der Waals surface area contributed by atoms with Gasteiger partial charge in [0.25, 0.3) is 11.6 Å². The van der Waals surface area contributed by atoms with Gasteiger partial charge >= 0.3 is 6.09 Å². The third-order valence-corrected chi connectivity index (χ3v) is 7.14. The third kappa shape index (κ3) is 7.25. The first-order valence-corrected chi connectivity index (χ1v) is 13.1. The van der Waals surface area contributed by atoms with Gasteiger partial charge in [0.1, 0.15) is 17.8 Å². The fraction of sp³-hybridized carbons (Fsp3) is 0.542. The van der Waals surface area contributed by atoms with Crippen molar-refractivity contribution in [1.82, 2.24) is 20.6 Å². The monoisotopic (exact) mass is 549 g/mol. The van der Waals surface area contributed by atoms with Gasteiger partial charge in [0.15, 0.2) is 0 Å². The lowest BCUT2D eigenvalue weighted by atomic mass is 9.80. The first-order chi connectivity index (χ1) is 18.1. The molecule has 3 rings (SSSR count). The number of amides is 4. The zero-order chi connectivity index (χ0) is 27.8. The lowest BCUT2D eigenvalue weighted by Gasteiger charge is -2.31. The second-order valence-corrected chi connectivity index (χ2v) is 9.66. The number of carbonyl (C=O) groups excluding carboxylic acids is 5. The molecule has 4 atom stereocenters. The van der Waals surface area contributed by atoms with Gasteiger partial charge < -0.3 is 25.4 Å². The Labute approximate surface area is 221 Å². The number of nitro benzene ring substituents is 1. The summed E-state index contributed by atoms with van der Waals surface area (Å²) in [4.78, 5) is 74.9. The summed E-state index contributed by atoms with van der Waals surface area (Å²) in [7, 11) is 1.98. The van der Waals surface area contributed by atoms with Crippen molar-refractivity contribution in [3.8, 4) is 5.75 Å². The summed E-state index contributed by atoms with van der Waals surface area (Å²) in [6, 6.07) is 2.08. The molecule has 2 unspecified atom stereocenters. The molecule has 13 nitrogen and oxygen atoms in total. The van der Waals surface area contributed by atoms with Gasteiger partial charge in [0.05, 0.1) is 11.0 Å². The average molecular weight is 550 g/mol. The van der Waals surface area contributed by atoms with Crippen molar-refractivity contribution < 1.29 is 33.6 Å². The Morgan fingerprint density at radius 3 is 2.32 bits per heavy atom. The van der Waals surface area contributed by atoms with Crippen molar-refractivity contribution in [2.75, 3.05) is 6.54 Å². The second-order valence-electron chi connectivity index (χ2n) is 9.37. The molecule has 0 spiro atoms. The highest BCUT2D eigenvalue weighted by Gasteiger charge is 2.39. The van der Waals surface area contributed by atoms with Crippen LogP contribution in [-0.4, -0.2) is 64.1 Å². The molecule has 1 heterocycles. The number of ketones is 1. The predicted octanol–water partition coefficient (Wildman–Crippen LogP) is 1.60. The maximum Gasteiger partial charge on any atom is 0.413 e. The number of nitrogens with zero attached hydrogens (tertiary/aromatic N) is 2. The van der Waals surface area contributed by atoms with Gasteiger partial charge in [-0.05, 0) is 53.1 Å². The normalized spacial score (nSPS) is 18.5. The molecule has 2 aliphatic rings. The highest BCUT2D eigenvalue weighted by molar-refractivity contribution is 7.15. The largest absolute Gasteiger partial charge is 0.413 e. The molecule has 2 fully saturated rings. The van der Waals surface area contributed by atoms with E-state index in [1.54, 1.807) is 6.92 Å². The van der Waals surface area contributed by atoms with Crippen molar-refractivity contribution in [3.63, 3.8) is 0 Å². The third-order valence-electron chi connectivity index (χ3n) is 6.88. The Bertz CT molecular complexity index is 1080. The fourth-order valence-corrected chi connectivity index (χ4v) is 4.69. The molecule has 1 aliphatic carbocycles. The van der Waals surface area contributed by atoms with Crippen LogP contribution in [0.2, 0.25) is 0 Å². The number of likely N-dealkylation sites (tertiary alicyclic amines) is 1. The molecule has 0 bridgehead atoms. The van der Waals surface area contributed by atoms with Crippen LogP contribution in [0.3, 0.4) is 0 Å². The van der Waals surface area contributed by atoms with E-state index in [-0.39, 0.29) is 23.8 Å². The van der Waals surface area contributed by atoms with Crippen molar-refractivity contribution in [2.45, 2.75) is 70.0 Å². The minimum Gasteiger partial charge on any atom is -0.410 e. The summed E-state index contributed by atoms with van der Waals surface area (Å²) in [6.07, 6.45) is 3.48. The molecule has 3 N–H and O–H groups in total. The predicted molar refractivity (Wildman–Crippen MR) is 138 cm³/mol. The molecule has 38 heavy (non-hydrogen) atoms. The van der Waals surface area contributed by atoms with Crippen LogP contribution in [0.5, 0.6) is 5.75 Å². The van der Waals surface area contributed by atoms with E-state index in [0.717, 1.165) is 19.3 Å². The number of nitrogens with one attached hydrogen (secondary N) is 3. The maximum absolute atomic E-state index is 13.3. The van der Waals surface area contributed by atoms with Gasteiger partial charge in [-0.3, -0.25) is 29.3 Å². The summed E-state index contributed by atoms with van der Waals surface area (Å²) in [5, 5.41) is 18.2. The van der Waals surface area contributed by atoms with E-state index in [0.29, 0.717) is 25.8 Å². The van der Waals surface area contributed by atoms with E-state index in [9.17, 15) is 34.1 Å². The van der Waals surface area contributed by atoms with Crippen molar-refractivity contribution in [1.29, 1.82) is 0 Å². The van der Waals surface area contributed by atoms with Gasteiger partial charge in [-0.1, -0.05) is 26.2 Å². The molecule has 0 aromatic heterocycles. The lowest BCUT2D eigenvalue weighted by molar-refractivity contribution is -0.384. The zero-order valence-corrected chi connectivity index (χ0v) is 22.2. The summed E-state index contributed by atoms with van der Waals surface area (Å²) in [5.74, 6) is -2.24. The number of Topliss-reactive ketones (excluding diaryl/α,β-unsaturated/α-hetero) is 1. The SMILES string of the molecule is CC[C@H](NC(=O)Oc1ccc([N+](=O)[O-])cc1)C(=O)N1CCC[C@H]1C(=O)NC(CC1CCC1)C(=O)C(=O)NP. The number of benzene rings is 1. The standard InChI is InChI=1S/C24H32N5O8P/c1-2-17(26-24(34)37-16-10-8-15(9-11-16)29(35)36)23(33)28-12-4-7-19(28)21(31)25-18(13-14-5-3-6-14)20(30)22(32)27-38/h8-11,14,17-19H,2-7,12-13,38H2,1H3,(H,25,31)(H,26,34)(H,27,32)/t17-,18?,19-/m0/s1. The molecule has 4 amide bonds. The van der Waals surface area contributed by atoms with E-state index in [4.69, 9.17) is 4.74 Å². The number of rotatable bonds is 11.